The van der Waals surface area contributed by atoms with Crippen LogP contribution in [0, 0.1) is 25.2 Å². The zero-order chi connectivity index (χ0) is 17.9. The molecule has 2 aromatic rings. The molecule has 0 saturated heterocycles. The second kappa shape index (κ2) is 7.25. The minimum Gasteiger partial charge on any atom is -0.506 e. The lowest BCUT2D eigenvalue weighted by Gasteiger charge is -2.06. The van der Waals surface area contributed by atoms with Gasteiger partial charge in [0.25, 0.3) is 5.13 Å². The van der Waals surface area contributed by atoms with Gasteiger partial charge in [-0.1, -0.05) is 11.3 Å². The summed E-state index contributed by atoms with van der Waals surface area (Å²) in [6, 6.07) is 3.46. The van der Waals surface area contributed by atoms with E-state index in [2.05, 4.69) is 33.1 Å². The molecule has 0 aliphatic heterocycles. The van der Waals surface area contributed by atoms with Crippen LogP contribution in [0.2, 0.25) is 0 Å². The molecule has 0 aliphatic carbocycles. The van der Waals surface area contributed by atoms with Crippen LogP contribution in [0.4, 0.5) is 10.8 Å². The summed E-state index contributed by atoms with van der Waals surface area (Å²) in [5.41, 5.74) is 1.64. The van der Waals surface area contributed by atoms with Gasteiger partial charge in [-0.3, -0.25) is 0 Å². The SMILES string of the molecule is Cc1cc(O)c(/N=N/c2nnc(S(=O)(=O)CCS)s2)c(C)c1C#N. The van der Waals surface area contributed by atoms with Crippen LogP contribution in [-0.4, -0.2) is 35.2 Å². The highest BCUT2D eigenvalue weighted by Crippen LogP contribution is 2.36. The molecule has 0 bridgehead atoms. The van der Waals surface area contributed by atoms with E-state index in [1.165, 1.54) is 6.07 Å². The van der Waals surface area contributed by atoms with Gasteiger partial charge in [0.2, 0.25) is 14.2 Å². The van der Waals surface area contributed by atoms with Gasteiger partial charge in [-0.05, 0) is 31.0 Å². The van der Waals surface area contributed by atoms with E-state index < -0.39 is 9.84 Å². The summed E-state index contributed by atoms with van der Waals surface area (Å²) in [7, 11) is -3.53. The number of aromatic nitrogens is 2. The summed E-state index contributed by atoms with van der Waals surface area (Å²) >= 11 is 4.66. The van der Waals surface area contributed by atoms with Crippen LogP contribution in [-0.2, 0) is 9.84 Å². The highest BCUT2D eigenvalue weighted by molar-refractivity contribution is 7.94. The molecule has 1 heterocycles. The second-order valence-electron chi connectivity index (χ2n) is 4.77. The fourth-order valence-corrected chi connectivity index (χ4v) is 4.60. The Labute approximate surface area is 148 Å². The third-order valence-corrected chi connectivity index (χ3v) is 6.59. The molecule has 0 atom stereocenters. The Bertz CT molecular complexity index is 944. The number of azo groups is 1. The number of nitriles is 1. The van der Waals surface area contributed by atoms with Crippen molar-refractivity contribution in [1.82, 2.24) is 10.2 Å². The Morgan fingerprint density at radius 1 is 1.38 bits per heavy atom. The maximum atomic E-state index is 11.9. The number of thiol groups is 1. The first-order chi connectivity index (χ1) is 11.3. The lowest BCUT2D eigenvalue weighted by Crippen LogP contribution is -2.07. The van der Waals surface area contributed by atoms with Gasteiger partial charge < -0.3 is 5.11 Å². The first-order valence-corrected chi connectivity index (χ1v) is 9.72. The topological polar surface area (TPSA) is 129 Å². The number of hydrogen-bond donors (Lipinski definition) is 2. The molecule has 0 amide bonds. The van der Waals surface area contributed by atoms with Gasteiger partial charge in [-0.2, -0.15) is 17.9 Å². The highest BCUT2D eigenvalue weighted by atomic mass is 32.2. The predicted molar refractivity (Wildman–Crippen MR) is 92.3 cm³/mol. The van der Waals surface area contributed by atoms with Gasteiger partial charge in [0.05, 0.1) is 17.4 Å². The van der Waals surface area contributed by atoms with Gasteiger partial charge in [-0.25, -0.2) is 8.42 Å². The quantitative estimate of drug-likeness (QED) is 0.603. The third-order valence-electron chi connectivity index (χ3n) is 3.09. The maximum Gasteiger partial charge on any atom is 0.252 e. The van der Waals surface area contributed by atoms with Gasteiger partial charge >= 0.3 is 0 Å². The molecule has 1 aromatic heterocycles. The van der Waals surface area contributed by atoms with Crippen LogP contribution in [0.25, 0.3) is 0 Å². The van der Waals surface area contributed by atoms with E-state index in [9.17, 15) is 13.5 Å². The first-order valence-electron chi connectivity index (χ1n) is 6.62. The number of aromatic hydroxyl groups is 1. The van der Waals surface area contributed by atoms with E-state index in [4.69, 9.17) is 5.26 Å². The van der Waals surface area contributed by atoms with Crippen molar-refractivity contribution in [3.8, 4) is 11.8 Å². The Morgan fingerprint density at radius 3 is 2.71 bits per heavy atom. The van der Waals surface area contributed by atoms with Gasteiger partial charge in [0.15, 0.2) is 0 Å². The van der Waals surface area contributed by atoms with Crippen molar-refractivity contribution >= 4 is 44.6 Å². The van der Waals surface area contributed by atoms with Crippen LogP contribution >= 0.6 is 24.0 Å². The average molecular weight is 383 g/mol. The fourth-order valence-electron chi connectivity index (χ4n) is 1.92. The van der Waals surface area contributed by atoms with E-state index in [1.807, 2.05) is 6.07 Å². The first kappa shape index (κ1) is 18.3. The van der Waals surface area contributed by atoms with Crippen LogP contribution in [0.1, 0.15) is 16.7 Å². The molecule has 11 heteroatoms. The molecule has 2 rings (SSSR count). The third kappa shape index (κ3) is 3.72. The van der Waals surface area contributed by atoms with Crippen LogP contribution < -0.4 is 0 Å². The van der Waals surface area contributed by atoms with Crippen molar-refractivity contribution < 1.29 is 13.5 Å². The molecule has 24 heavy (non-hydrogen) atoms. The fraction of sp³-hybridized carbons (Fsp3) is 0.308. The molecular formula is C13H13N5O3S3. The molecule has 0 fully saturated rings. The minimum absolute atomic E-state index is 0.0330. The zero-order valence-electron chi connectivity index (χ0n) is 12.8. The van der Waals surface area contributed by atoms with Gasteiger partial charge in [0.1, 0.15) is 11.4 Å². The lowest BCUT2D eigenvalue weighted by atomic mass is 10.0. The Kier molecular flexibility index (Phi) is 5.53. The lowest BCUT2D eigenvalue weighted by molar-refractivity contribution is 0.475. The van der Waals surface area contributed by atoms with Crippen LogP contribution in [0.5, 0.6) is 5.75 Å². The van der Waals surface area contributed by atoms with E-state index in [-0.39, 0.29) is 32.4 Å². The predicted octanol–water partition coefficient (Wildman–Crippen LogP) is 2.85. The van der Waals surface area contributed by atoms with Gasteiger partial charge in [0, 0.05) is 5.75 Å². The number of nitrogens with zero attached hydrogens (tertiary/aromatic N) is 5. The molecule has 0 radical (unpaired) electrons. The molecule has 0 unspecified atom stereocenters. The summed E-state index contributed by atoms with van der Waals surface area (Å²) in [5.74, 6) is -0.0996. The largest absolute Gasteiger partial charge is 0.506 e. The van der Waals surface area contributed by atoms with Crippen LogP contribution in [0.3, 0.4) is 0 Å². The molecular weight excluding hydrogens is 370 g/mol. The standard InChI is InChI=1S/C13H13N5O3S3/c1-7-5-10(19)11(8(2)9(7)6-14)15-16-12-17-18-13(23-12)24(20,21)4-3-22/h5,19,22H,3-4H2,1-2H3/b16-15+. The number of aryl methyl sites for hydroxylation is 1. The maximum absolute atomic E-state index is 11.9. The van der Waals surface area contributed by atoms with Crippen molar-refractivity contribution in [2.45, 2.75) is 18.2 Å². The van der Waals surface area contributed by atoms with Crippen LogP contribution in [0.15, 0.2) is 20.6 Å². The monoisotopic (exact) mass is 383 g/mol. The van der Waals surface area contributed by atoms with Crippen molar-refractivity contribution in [2.75, 3.05) is 11.5 Å². The van der Waals surface area contributed by atoms with Crippen molar-refractivity contribution in [1.29, 1.82) is 5.26 Å². The normalized spacial score (nSPS) is 11.8. The molecule has 1 N–H and O–H groups in total. The Hall–Kier alpha value is -2.03. The summed E-state index contributed by atoms with van der Waals surface area (Å²) in [6.07, 6.45) is 0. The molecule has 1 aromatic carbocycles. The summed E-state index contributed by atoms with van der Waals surface area (Å²) in [4.78, 5) is 0. The average Bonchev–Trinajstić information content (AvgIpc) is 2.97. The molecule has 0 saturated carbocycles. The molecule has 0 spiro atoms. The number of rotatable bonds is 5. The van der Waals surface area contributed by atoms with E-state index >= 15 is 0 Å². The zero-order valence-corrected chi connectivity index (χ0v) is 15.3. The van der Waals surface area contributed by atoms with Crippen molar-refractivity contribution in [3.05, 3.63) is 22.8 Å². The number of phenols is 1. The van der Waals surface area contributed by atoms with Crippen molar-refractivity contribution in [3.63, 3.8) is 0 Å². The minimum atomic E-state index is -3.53. The van der Waals surface area contributed by atoms with Gasteiger partial charge in [-0.15, -0.1) is 20.4 Å². The molecule has 126 valence electrons. The Morgan fingerprint density at radius 2 is 2.08 bits per heavy atom. The van der Waals surface area contributed by atoms with E-state index in [0.29, 0.717) is 16.7 Å². The second-order valence-corrected chi connectivity index (χ2v) is 8.45. The number of sulfone groups is 1. The smallest absolute Gasteiger partial charge is 0.252 e. The number of phenolic OH excluding ortho intramolecular Hbond substituents is 1. The summed E-state index contributed by atoms with van der Waals surface area (Å²) < 4.78 is 23.6. The Balaban J connectivity index is 2.37. The molecule has 8 nitrogen and oxygen atoms in total. The van der Waals surface area contributed by atoms with E-state index in [1.54, 1.807) is 13.8 Å². The number of benzene rings is 1. The summed E-state index contributed by atoms with van der Waals surface area (Å²) in [5, 5.41) is 34.1. The molecule has 0 aliphatic rings. The van der Waals surface area contributed by atoms with E-state index in [0.717, 1.165) is 11.3 Å². The number of hydrogen-bond acceptors (Lipinski definition) is 10. The van der Waals surface area contributed by atoms with Crippen molar-refractivity contribution in [2.24, 2.45) is 10.2 Å². The summed E-state index contributed by atoms with van der Waals surface area (Å²) in [6.45, 7) is 3.35. The highest BCUT2D eigenvalue weighted by Gasteiger charge is 2.19.